The Kier molecular flexibility index (Phi) is 10.3. The molecule has 212 valence electrons. The van der Waals surface area contributed by atoms with Crippen molar-refractivity contribution >= 4 is 35.6 Å². The van der Waals surface area contributed by atoms with Gasteiger partial charge in [-0.2, -0.15) is 0 Å². The van der Waals surface area contributed by atoms with Gasteiger partial charge in [0.25, 0.3) is 0 Å². The highest BCUT2D eigenvalue weighted by Crippen LogP contribution is 2.35. The normalized spacial score (nSPS) is 22.5. The summed E-state index contributed by atoms with van der Waals surface area (Å²) in [6, 6.07) is 6.62. The van der Waals surface area contributed by atoms with E-state index in [1.54, 1.807) is 11.6 Å². The van der Waals surface area contributed by atoms with Crippen LogP contribution in [0.2, 0.25) is 0 Å². The second kappa shape index (κ2) is 13.4. The maximum absolute atomic E-state index is 12.1. The number of benzene rings is 1. The van der Waals surface area contributed by atoms with E-state index in [1.807, 2.05) is 31.2 Å². The van der Waals surface area contributed by atoms with E-state index in [4.69, 9.17) is 23.7 Å². The number of aryl methyl sites for hydroxylation is 1. The van der Waals surface area contributed by atoms with Crippen LogP contribution in [0.15, 0.2) is 29.4 Å². The summed E-state index contributed by atoms with van der Waals surface area (Å²) < 4.78 is 29.9. The number of para-hydroxylation sites is 1. The number of hydrogen-bond acceptors (Lipinski definition) is 12. The molecule has 1 fully saturated rings. The molecule has 0 spiro atoms. The number of esters is 3. The molecule has 2 aromatic rings. The van der Waals surface area contributed by atoms with E-state index in [9.17, 15) is 19.2 Å². The van der Waals surface area contributed by atoms with Crippen molar-refractivity contribution in [3.8, 4) is 5.75 Å². The van der Waals surface area contributed by atoms with E-state index < -0.39 is 53.6 Å². The molecule has 1 aromatic heterocycles. The monoisotopic (exact) mass is 564 g/mol. The smallest absolute Gasteiger partial charge is 0.303 e. The molecule has 3 rings (SSSR count). The maximum Gasteiger partial charge on any atom is 0.303 e. The van der Waals surface area contributed by atoms with Crippen LogP contribution < -0.4 is 10.1 Å². The number of amides is 1. The number of hydrogen-bond donors (Lipinski definition) is 1. The van der Waals surface area contributed by atoms with Gasteiger partial charge < -0.3 is 33.6 Å². The highest BCUT2D eigenvalue weighted by molar-refractivity contribution is 7.99. The maximum atomic E-state index is 12.1. The first-order valence-electron chi connectivity index (χ1n) is 12.1. The van der Waals surface area contributed by atoms with E-state index in [0.29, 0.717) is 16.7 Å². The van der Waals surface area contributed by atoms with Crippen LogP contribution in [0.3, 0.4) is 0 Å². The quantitative estimate of drug-likeness (QED) is 0.328. The molecule has 1 aromatic carbocycles. The van der Waals surface area contributed by atoms with Gasteiger partial charge in [0.15, 0.2) is 23.2 Å². The zero-order valence-electron chi connectivity index (χ0n) is 22.5. The van der Waals surface area contributed by atoms with E-state index in [1.165, 1.54) is 27.7 Å². The molecule has 0 saturated carbocycles. The lowest BCUT2D eigenvalue weighted by atomic mass is 9.97. The Morgan fingerprint density at radius 3 is 2.28 bits per heavy atom. The van der Waals surface area contributed by atoms with E-state index >= 15 is 0 Å². The third-order valence-electron chi connectivity index (χ3n) is 5.67. The van der Waals surface area contributed by atoms with Gasteiger partial charge in [-0.05, 0) is 18.6 Å². The highest BCUT2D eigenvalue weighted by Gasteiger charge is 2.51. The van der Waals surface area contributed by atoms with Gasteiger partial charge in [-0.3, -0.25) is 19.2 Å². The zero-order valence-corrected chi connectivity index (χ0v) is 23.4. The van der Waals surface area contributed by atoms with E-state index in [-0.39, 0.29) is 13.2 Å². The van der Waals surface area contributed by atoms with Gasteiger partial charge in [-0.25, -0.2) is 0 Å². The molecule has 1 saturated heterocycles. The molecule has 0 bridgehead atoms. The van der Waals surface area contributed by atoms with E-state index in [0.717, 1.165) is 17.3 Å². The number of carbonyl (C=O) groups excluding carboxylic acids is 4. The molecule has 5 atom stereocenters. The second-order valence-electron chi connectivity index (χ2n) is 8.85. The summed E-state index contributed by atoms with van der Waals surface area (Å²) in [5.74, 6) is -1.12. The average Bonchev–Trinajstić information content (AvgIpc) is 3.19. The topological polar surface area (TPSA) is 157 Å². The second-order valence-corrected chi connectivity index (χ2v) is 9.92. The van der Waals surface area contributed by atoms with Gasteiger partial charge in [0.1, 0.15) is 36.5 Å². The molecule has 1 amide bonds. The third-order valence-corrected chi connectivity index (χ3v) is 6.87. The third kappa shape index (κ3) is 8.17. The Morgan fingerprint density at radius 2 is 1.67 bits per heavy atom. The summed E-state index contributed by atoms with van der Waals surface area (Å²) in [5.41, 5.74) is 0.0688. The molecule has 1 N–H and O–H groups in total. The fraction of sp³-hybridized carbons (Fsp3) is 0.520. The largest absolute Gasteiger partial charge is 0.485 e. The minimum absolute atomic E-state index is 0.148. The molecule has 1 aliphatic rings. The Labute approximate surface area is 229 Å². The van der Waals surface area contributed by atoms with Crippen LogP contribution in [0.25, 0.3) is 0 Å². The molecule has 1 aliphatic heterocycles. The van der Waals surface area contributed by atoms with Crippen molar-refractivity contribution in [2.75, 3.05) is 6.61 Å². The molecule has 13 nitrogen and oxygen atoms in total. The summed E-state index contributed by atoms with van der Waals surface area (Å²) in [5, 5.41) is 11.6. The Bertz CT molecular complexity index is 1200. The van der Waals surface area contributed by atoms with Crippen LogP contribution in [-0.4, -0.2) is 75.0 Å². The minimum atomic E-state index is -1.17. The van der Waals surface area contributed by atoms with E-state index in [2.05, 4.69) is 15.5 Å². The lowest BCUT2D eigenvalue weighted by molar-refractivity contribution is -0.211. The van der Waals surface area contributed by atoms with Gasteiger partial charge >= 0.3 is 17.9 Å². The molecular weight excluding hydrogens is 532 g/mol. The lowest BCUT2D eigenvalue weighted by Gasteiger charge is -2.44. The molecule has 0 radical (unpaired) electrons. The first kappa shape index (κ1) is 29.9. The molecule has 0 aliphatic carbocycles. The van der Waals surface area contributed by atoms with Crippen molar-refractivity contribution in [2.24, 2.45) is 7.05 Å². The van der Waals surface area contributed by atoms with Crippen molar-refractivity contribution in [3.63, 3.8) is 0 Å². The van der Waals surface area contributed by atoms with Crippen molar-refractivity contribution in [1.29, 1.82) is 0 Å². The predicted molar refractivity (Wildman–Crippen MR) is 136 cm³/mol. The number of thioether (sulfide) groups is 1. The summed E-state index contributed by atoms with van der Waals surface area (Å²) in [7, 11) is 1.75. The fourth-order valence-electron chi connectivity index (χ4n) is 3.93. The predicted octanol–water partition coefficient (Wildman–Crippen LogP) is 1.45. The minimum Gasteiger partial charge on any atom is -0.485 e. The summed E-state index contributed by atoms with van der Waals surface area (Å²) >= 11 is 1.10. The highest BCUT2D eigenvalue weighted by atomic mass is 32.2. The number of rotatable bonds is 10. The summed E-state index contributed by atoms with van der Waals surface area (Å²) in [6.45, 7) is 6.68. The van der Waals surface area contributed by atoms with Gasteiger partial charge in [0.05, 0.1) is 0 Å². The average molecular weight is 565 g/mol. The summed E-state index contributed by atoms with van der Waals surface area (Å²) in [4.78, 5) is 47.6. The first-order valence-corrected chi connectivity index (χ1v) is 13.0. The summed E-state index contributed by atoms with van der Waals surface area (Å²) in [6.07, 6.45) is -3.34. The zero-order chi connectivity index (χ0) is 28.7. The molecule has 39 heavy (non-hydrogen) atoms. The molecule has 14 heteroatoms. The Morgan fingerprint density at radius 1 is 1.00 bits per heavy atom. The fourth-order valence-corrected chi connectivity index (χ4v) is 5.06. The van der Waals surface area contributed by atoms with Crippen molar-refractivity contribution in [3.05, 3.63) is 35.7 Å². The van der Waals surface area contributed by atoms with Gasteiger partial charge in [0.2, 0.25) is 5.91 Å². The Hall–Kier alpha value is -3.65. The van der Waals surface area contributed by atoms with Crippen molar-refractivity contribution in [1.82, 2.24) is 20.1 Å². The van der Waals surface area contributed by atoms with Crippen molar-refractivity contribution < 1.29 is 42.9 Å². The van der Waals surface area contributed by atoms with Crippen LogP contribution in [-0.2, 0) is 51.8 Å². The van der Waals surface area contributed by atoms with Crippen molar-refractivity contribution in [2.45, 2.75) is 76.2 Å². The van der Waals surface area contributed by atoms with Gasteiger partial charge in [-0.15, -0.1) is 10.2 Å². The standard InChI is InChI=1S/C25H32N4O9S/c1-13-9-7-8-10-18(13)35-12-20-27-28-25(29(20)6)39-24-21(26-14(2)30)23(37-17(5)33)22(36-16(4)32)19(38-24)11-34-15(3)31/h7-10,19,21-24H,11-12H2,1-6H3,(H,26,30)/t19-,21+,22-,23+,24+/m1/s1. The Balaban J connectivity index is 1.89. The van der Waals surface area contributed by atoms with Crippen LogP contribution in [0, 0.1) is 6.92 Å². The number of carbonyl (C=O) groups is 4. The van der Waals surface area contributed by atoms with Crippen LogP contribution >= 0.6 is 11.8 Å². The molecule has 2 heterocycles. The number of aromatic nitrogens is 3. The van der Waals surface area contributed by atoms with Crippen LogP contribution in [0.5, 0.6) is 5.75 Å². The van der Waals surface area contributed by atoms with Gasteiger partial charge in [0, 0.05) is 34.7 Å². The number of ether oxygens (including phenoxy) is 5. The molecule has 0 unspecified atom stereocenters. The molecular formula is C25H32N4O9S. The number of nitrogens with one attached hydrogen (secondary N) is 1. The number of nitrogens with zero attached hydrogens (tertiary/aromatic N) is 3. The first-order chi connectivity index (χ1) is 18.5. The lowest BCUT2D eigenvalue weighted by Crippen LogP contribution is -2.65. The van der Waals surface area contributed by atoms with Gasteiger partial charge in [-0.1, -0.05) is 30.0 Å². The SMILES string of the molecule is CC(=O)N[C@H]1[C@H](OC(C)=O)[C@H](OC(C)=O)[C@@H](COC(C)=O)O[C@H]1Sc1nnc(COc2ccccc2C)n1C. The van der Waals surface area contributed by atoms with Crippen LogP contribution in [0.1, 0.15) is 39.1 Å². The van der Waals surface area contributed by atoms with Crippen LogP contribution in [0.4, 0.5) is 0 Å².